The lowest BCUT2D eigenvalue weighted by atomic mass is 9.61. The Bertz CT molecular complexity index is 835. The normalized spacial score (nSPS) is 28.3. The number of hydrogen-bond donors (Lipinski definition) is 1. The highest BCUT2D eigenvalue weighted by Crippen LogP contribution is 2.47. The summed E-state index contributed by atoms with van der Waals surface area (Å²) in [5.74, 6) is 1.02. The smallest absolute Gasteiger partial charge is 0.403 e. The van der Waals surface area contributed by atoms with Gasteiger partial charge in [0.15, 0.2) is 0 Å². The van der Waals surface area contributed by atoms with Crippen molar-refractivity contribution in [2.45, 2.75) is 111 Å². The standard InChI is InChI=1S/C29H49BN2O3/c1-26(2,3)31-25(33)29(8)19-22(17-18-30-34-27(4,5)28(6,7)35-30)15-16-24(29)21-32(9)20-23-13-11-10-12-14-23/h10-14,22,24H,15-21H2,1-9H3,(H,31,33)/t22-,24-,29-/m0/s1. The van der Waals surface area contributed by atoms with E-state index in [2.05, 4.69) is 103 Å². The van der Waals surface area contributed by atoms with Crippen molar-refractivity contribution in [1.82, 2.24) is 10.2 Å². The first-order valence-corrected chi connectivity index (χ1v) is 13.5. The Morgan fingerprint density at radius 1 is 1.06 bits per heavy atom. The van der Waals surface area contributed by atoms with Crippen LogP contribution in [0.5, 0.6) is 0 Å². The molecular formula is C29H49BN2O3. The molecule has 1 amide bonds. The number of nitrogens with zero attached hydrogens (tertiary/aromatic N) is 1. The molecule has 35 heavy (non-hydrogen) atoms. The zero-order valence-corrected chi connectivity index (χ0v) is 23.7. The Balaban J connectivity index is 1.67. The average molecular weight is 485 g/mol. The van der Waals surface area contributed by atoms with Gasteiger partial charge in [-0.25, -0.2) is 0 Å². The van der Waals surface area contributed by atoms with E-state index in [4.69, 9.17) is 9.31 Å². The van der Waals surface area contributed by atoms with E-state index >= 15 is 0 Å². The first kappa shape index (κ1) is 28.2. The summed E-state index contributed by atoms with van der Waals surface area (Å²) in [4.78, 5) is 16.1. The molecular weight excluding hydrogens is 435 g/mol. The lowest BCUT2D eigenvalue weighted by Crippen LogP contribution is -2.54. The predicted molar refractivity (Wildman–Crippen MR) is 145 cm³/mol. The van der Waals surface area contributed by atoms with Gasteiger partial charge in [-0.15, -0.1) is 0 Å². The molecule has 1 aromatic rings. The molecule has 6 heteroatoms. The Morgan fingerprint density at radius 2 is 1.66 bits per heavy atom. The molecule has 1 N–H and O–H groups in total. The van der Waals surface area contributed by atoms with Gasteiger partial charge in [0.2, 0.25) is 5.91 Å². The first-order chi connectivity index (χ1) is 16.1. The van der Waals surface area contributed by atoms with Crippen molar-refractivity contribution in [2.24, 2.45) is 17.3 Å². The number of rotatable bonds is 8. The van der Waals surface area contributed by atoms with Gasteiger partial charge in [0, 0.05) is 18.6 Å². The van der Waals surface area contributed by atoms with Gasteiger partial charge >= 0.3 is 7.12 Å². The summed E-state index contributed by atoms with van der Waals surface area (Å²) in [6.45, 7) is 18.7. The SMILES string of the molecule is CN(Cc1ccccc1)C[C@@H]1CC[C@@H](CCB2OC(C)(C)C(C)(C)O2)C[C@]1(C)C(=O)NC(C)(C)C. The topological polar surface area (TPSA) is 50.8 Å². The van der Waals surface area contributed by atoms with E-state index in [1.165, 1.54) is 5.56 Å². The van der Waals surface area contributed by atoms with Crippen molar-refractivity contribution in [3.05, 3.63) is 35.9 Å². The van der Waals surface area contributed by atoms with E-state index in [0.29, 0.717) is 11.8 Å². The van der Waals surface area contributed by atoms with Crippen LogP contribution in [0.4, 0.5) is 0 Å². The van der Waals surface area contributed by atoms with Gasteiger partial charge in [-0.1, -0.05) is 50.1 Å². The van der Waals surface area contributed by atoms with Gasteiger partial charge in [0.25, 0.3) is 0 Å². The molecule has 1 saturated carbocycles. The maximum Gasteiger partial charge on any atom is 0.457 e. The molecule has 0 unspecified atom stereocenters. The Hall–Kier alpha value is -1.37. The van der Waals surface area contributed by atoms with Gasteiger partial charge < -0.3 is 19.5 Å². The van der Waals surface area contributed by atoms with Crippen LogP contribution in [-0.4, -0.2) is 48.3 Å². The zero-order valence-electron chi connectivity index (χ0n) is 23.7. The van der Waals surface area contributed by atoms with Crippen molar-refractivity contribution in [3.63, 3.8) is 0 Å². The highest BCUT2D eigenvalue weighted by atomic mass is 16.7. The third-order valence-electron chi connectivity index (χ3n) is 8.48. The summed E-state index contributed by atoms with van der Waals surface area (Å²) in [7, 11) is 2.02. The number of carbonyl (C=O) groups excluding carboxylic acids is 1. The molecule has 196 valence electrons. The van der Waals surface area contributed by atoms with Crippen molar-refractivity contribution < 1.29 is 14.1 Å². The first-order valence-electron chi connectivity index (χ1n) is 13.5. The second-order valence-electron chi connectivity index (χ2n) is 13.4. The van der Waals surface area contributed by atoms with Gasteiger partial charge in [-0.05, 0) is 92.1 Å². The van der Waals surface area contributed by atoms with Crippen molar-refractivity contribution >= 4 is 13.0 Å². The average Bonchev–Trinajstić information content (AvgIpc) is 2.94. The van der Waals surface area contributed by atoms with Crippen molar-refractivity contribution in [1.29, 1.82) is 0 Å². The van der Waals surface area contributed by atoms with Gasteiger partial charge in [-0.2, -0.15) is 0 Å². The minimum atomic E-state index is -0.392. The van der Waals surface area contributed by atoms with E-state index in [9.17, 15) is 4.79 Å². The predicted octanol–water partition coefficient (Wildman–Crippen LogP) is 5.94. The van der Waals surface area contributed by atoms with Crippen LogP contribution in [0.1, 0.15) is 86.6 Å². The van der Waals surface area contributed by atoms with E-state index in [0.717, 1.165) is 45.1 Å². The molecule has 1 aliphatic carbocycles. The molecule has 3 atom stereocenters. The molecule has 2 fully saturated rings. The number of benzene rings is 1. The van der Waals surface area contributed by atoms with E-state index < -0.39 is 5.41 Å². The number of amides is 1. The number of nitrogens with one attached hydrogen (secondary N) is 1. The Morgan fingerprint density at radius 3 is 2.23 bits per heavy atom. The second-order valence-corrected chi connectivity index (χ2v) is 13.4. The molecule has 3 rings (SSSR count). The fraction of sp³-hybridized carbons (Fsp3) is 0.759. The largest absolute Gasteiger partial charge is 0.457 e. The van der Waals surface area contributed by atoms with Crippen LogP contribution in [-0.2, 0) is 20.6 Å². The Kier molecular flexibility index (Phi) is 8.50. The number of hydrogen-bond acceptors (Lipinski definition) is 4. The summed E-state index contributed by atoms with van der Waals surface area (Å²) in [6, 6.07) is 10.6. The summed E-state index contributed by atoms with van der Waals surface area (Å²) in [6.07, 6.45) is 5.05. The summed E-state index contributed by atoms with van der Waals surface area (Å²) < 4.78 is 12.5. The molecule has 0 radical (unpaired) electrons. The minimum Gasteiger partial charge on any atom is -0.403 e. The van der Waals surface area contributed by atoms with Crippen LogP contribution in [0.25, 0.3) is 0 Å². The lowest BCUT2D eigenvalue weighted by molar-refractivity contribution is -0.139. The van der Waals surface area contributed by atoms with Crippen LogP contribution in [0, 0.1) is 17.3 Å². The van der Waals surface area contributed by atoms with Crippen LogP contribution in [0.15, 0.2) is 30.3 Å². The highest BCUT2D eigenvalue weighted by Gasteiger charge is 2.51. The quantitative estimate of drug-likeness (QED) is 0.464. The molecule has 0 spiro atoms. The molecule has 2 aliphatic rings. The monoisotopic (exact) mass is 484 g/mol. The molecule has 1 saturated heterocycles. The summed E-state index contributed by atoms with van der Waals surface area (Å²) in [5.41, 5.74) is 0.0966. The van der Waals surface area contributed by atoms with Gasteiger partial charge in [-0.3, -0.25) is 4.79 Å². The van der Waals surface area contributed by atoms with Crippen LogP contribution in [0.3, 0.4) is 0 Å². The fourth-order valence-electron chi connectivity index (χ4n) is 5.72. The third-order valence-corrected chi connectivity index (χ3v) is 8.48. The highest BCUT2D eigenvalue weighted by molar-refractivity contribution is 6.45. The maximum absolute atomic E-state index is 13.7. The fourth-order valence-corrected chi connectivity index (χ4v) is 5.72. The molecule has 5 nitrogen and oxygen atoms in total. The van der Waals surface area contributed by atoms with E-state index in [1.54, 1.807) is 0 Å². The van der Waals surface area contributed by atoms with Crippen LogP contribution < -0.4 is 5.32 Å². The second kappa shape index (κ2) is 10.6. The number of carbonyl (C=O) groups is 1. The minimum absolute atomic E-state index is 0.163. The van der Waals surface area contributed by atoms with Crippen molar-refractivity contribution in [3.8, 4) is 0 Å². The van der Waals surface area contributed by atoms with E-state index in [-0.39, 0.29) is 29.8 Å². The molecule has 0 bridgehead atoms. The lowest BCUT2D eigenvalue weighted by Gasteiger charge is -2.46. The van der Waals surface area contributed by atoms with Crippen molar-refractivity contribution in [2.75, 3.05) is 13.6 Å². The van der Waals surface area contributed by atoms with Gasteiger partial charge in [0.05, 0.1) is 16.6 Å². The zero-order chi connectivity index (χ0) is 26.1. The van der Waals surface area contributed by atoms with Crippen LogP contribution >= 0.6 is 0 Å². The molecule has 1 aromatic carbocycles. The summed E-state index contributed by atoms with van der Waals surface area (Å²) in [5, 5.41) is 3.31. The third kappa shape index (κ3) is 7.11. The van der Waals surface area contributed by atoms with Crippen LogP contribution in [0.2, 0.25) is 6.32 Å². The molecule has 0 aromatic heterocycles. The van der Waals surface area contributed by atoms with Gasteiger partial charge in [0.1, 0.15) is 0 Å². The molecule has 1 aliphatic heterocycles. The Labute approximate surface area is 214 Å². The molecule has 1 heterocycles. The summed E-state index contributed by atoms with van der Waals surface area (Å²) >= 11 is 0. The van der Waals surface area contributed by atoms with E-state index in [1.807, 2.05) is 0 Å². The maximum atomic E-state index is 13.7.